The van der Waals surface area contributed by atoms with Gasteiger partial charge in [-0.05, 0) is 0 Å². The van der Waals surface area contributed by atoms with E-state index in [1.165, 1.54) is 4.90 Å². The summed E-state index contributed by atoms with van der Waals surface area (Å²) in [5, 5.41) is 9.16. The molecule has 0 saturated carbocycles. The van der Waals surface area contributed by atoms with E-state index in [0.717, 1.165) is 19.4 Å². The molecule has 3 nitrogen and oxygen atoms in total. The average Bonchev–Trinajstić information content (AvgIpc) is 1.96. The Labute approximate surface area is 89.8 Å². The van der Waals surface area contributed by atoms with Gasteiger partial charge in [-0.3, -0.25) is 0 Å². The second kappa shape index (κ2) is 4.82. The van der Waals surface area contributed by atoms with Crippen molar-refractivity contribution in [2.45, 2.75) is 33.2 Å². The van der Waals surface area contributed by atoms with E-state index >= 15 is 0 Å². The molecule has 0 spiro atoms. The van der Waals surface area contributed by atoms with Crippen molar-refractivity contribution < 1.29 is 29.3 Å². The zero-order valence-corrected chi connectivity index (χ0v) is 11.2. The maximum absolute atomic E-state index is 10.6. The standard InChI is InChI=1S/C9H14NO2.W/c1-8(6-11)5-10(7-12)9(2,3)4;/h5,11H,1-4H3;/q-1;/b8-5-;. The van der Waals surface area contributed by atoms with Crippen molar-refractivity contribution in [1.82, 2.24) is 4.90 Å². The van der Waals surface area contributed by atoms with Gasteiger partial charge in [-0.25, -0.2) is 0 Å². The van der Waals surface area contributed by atoms with Crippen molar-refractivity contribution in [3.05, 3.63) is 11.8 Å². The van der Waals surface area contributed by atoms with Crippen molar-refractivity contribution in [2.75, 3.05) is 0 Å². The van der Waals surface area contributed by atoms with Crippen LogP contribution in [-0.2, 0) is 24.1 Å². The Kier molecular flexibility index (Phi) is 4.72. The van der Waals surface area contributed by atoms with Gasteiger partial charge in [0.15, 0.2) is 0 Å². The molecule has 0 aromatic rings. The Morgan fingerprint density at radius 2 is 2.00 bits per heavy atom. The van der Waals surface area contributed by atoms with Gasteiger partial charge in [0.05, 0.1) is 0 Å². The van der Waals surface area contributed by atoms with E-state index in [1.807, 2.05) is 27.2 Å². The van der Waals surface area contributed by atoms with E-state index in [2.05, 4.69) is 0 Å². The summed E-state index contributed by atoms with van der Waals surface area (Å²) in [6.45, 7) is 7.47. The van der Waals surface area contributed by atoms with Crippen LogP contribution in [0.4, 0.5) is 0 Å². The van der Waals surface area contributed by atoms with E-state index in [0.29, 0.717) is 9.66 Å². The maximum atomic E-state index is 10.6. The molecule has 0 saturated heterocycles. The van der Waals surface area contributed by atoms with Gasteiger partial charge in [0.25, 0.3) is 0 Å². The fraction of sp³-hybridized carbons (Fsp3) is 0.556. The summed E-state index contributed by atoms with van der Waals surface area (Å²) in [5.74, 6) is 0. The number of hydrogen-bond acceptors (Lipinski definition) is 2. The normalized spacial score (nSPS) is 12.5. The molecule has 0 heterocycles. The Morgan fingerprint density at radius 1 is 1.54 bits per heavy atom. The van der Waals surface area contributed by atoms with Gasteiger partial charge >= 0.3 is 89.7 Å². The molecule has 0 atom stereocenters. The third-order valence-corrected chi connectivity index (χ3v) is 2.64. The van der Waals surface area contributed by atoms with Crippen LogP contribution in [0.5, 0.6) is 0 Å². The molecule has 0 aliphatic heterocycles. The first kappa shape index (κ1) is 12.7. The number of hydrogen-bond donors (Lipinski definition) is 1. The summed E-state index contributed by atoms with van der Waals surface area (Å²) in [6, 6.07) is 0. The van der Waals surface area contributed by atoms with Crippen molar-refractivity contribution >= 4 is 10.5 Å². The fourth-order valence-electron chi connectivity index (χ4n) is 0.606. The molecule has 0 aliphatic carbocycles. The summed E-state index contributed by atoms with van der Waals surface area (Å²) in [4.78, 5) is 12.0. The molecule has 0 aliphatic rings. The Hall–Kier alpha value is -0.272. The average molecular weight is 352 g/mol. The van der Waals surface area contributed by atoms with Crippen LogP contribution < -0.4 is 0 Å². The molecule has 1 N–H and O–H groups in total. The molecule has 74 valence electrons. The summed E-state index contributed by atoms with van der Waals surface area (Å²) >= 11 is 0.989. The first-order valence-electron chi connectivity index (χ1n) is 3.88. The van der Waals surface area contributed by atoms with Crippen LogP contribution in [0.2, 0.25) is 0 Å². The molecule has 13 heavy (non-hydrogen) atoms. The Balaban J connectivity index is 4.74. The molecule has 0 aromatic heterocycles. The summed E-state index contributed by atoms with van der Waals surface area (Å²) < 4.78 is 0.296. The molecule has 0 fully saturated rings. The van der Waals surface area contributed by atoms with Gasteiger partial charge in [-0.15, -0.1) is 0 Å². The van der Waals surface area contributed by atoms with E-state index in [-0.39, 0.29) is 5.54 Å². The number of aliphatic hydroxyl groups excluding tert-OH is 1. The van der Waals surface area contributed by atoms with Crippen molar-refractivity contribution in [1.29, 1.82) is 0 Å². The molecule has 0 unspecified atom stereocenters. The number of aliphatic hydroxyl groups is 1. The molecular weight excluding hydrogens is 338 g/mol. The minimum atomic E-state index is -0.298. The van der Waals surface area contributed by atoms with Crippen LogP contribution in [0.1, 0.15) is 27.7 Å². The van der Waals surface area contributed by atoms with Crippen LogP contribution >= 0.6 is 0 Å². The Morgan fingerprint density at radius 3 is 2.23 bits per heavy atom. The monoisotopic (exact) mass is 352 g/mol. The summed E-state index contributed by atoms with van der Waals surface area (Å²) in [5.41, 5.74) is 0.404. The van der Waals surface area contributed by atoms with Gasteiger partial charge in [-0.2, -0.15) is 0 Å². The number of amides is 1. The predicted octanol–water partition coefficient (Wildman–Crippen LogP) is 1.11. The third kappa shape index (κ3) is 4.49. The minimum absolute atomic E-state index is 0.296. The van der Waals surface area contributed by atoms with Crippen LogP contribution in [0.3, 0.4) is 0 Å². The molecule has 0 bridgehead atoms. The van der Waals surface area contributed by atoms with E-state index < -0.39 is 0 Å². The van der Waals surface area contributed by atoms with Gasteiger partial charge < -0.3 is 0 Å². The SMILES string of the molecule is C/C(=C/N([C-]=O)C(C)(C)C)[C](O)=[W]. The second-order valence-corrected chi connectivity index (χ2v) is 5.14. The van der Waals surface area contributed by atoms with Crippen LogP contribution in [0, 0.1) is 0 Å². The quantitative estimate of drug-likeness (QED) is 0.611. The van der Waals surface area contributed by atoms with Gasteiger partial charge in [0, 0.05) is 0 Å². The molecule has 1 amide bonds. The molecule has 4 heteroatoms. The van der Waals surface area contributed by atoms with Crippen molar-refractivity contribution in [3.63, 3.8) is 0 Å². The van der Waals surface area contributed by atoms with E-state index in [1.54, 1.807) is 13.1 Å². The van der Waals surface area contributed by atoms with Crippen molar-refractivity contribution in [3.8, 4) is 0 Å². The molecular formula is C9H14NO2W-. The summed E-state index contributed by atoms with van der Waals surface area (Å²) in [7, 11) is 0. The second-order valence-electron chi connectivity index (χ2n) is 3.75. The number of carbonyl (C=O) groups excluding carboxylic acids is 1. The predicted molar refractivity (Wildman–Crippen MR) is 48.0 cm³/mol. The van der Waals surface area contributed by atoms with Crippen molar-refractivity contribution in [2.24, 2.45) is 0 Å². The topological polar surface area (TPSA) is 40.5 Å². The van der Waals surface area contributed by atoms with Gasteiger partial charge in [0.2, 0.25) is 0 Å². The molecule has 0 radical (unpaired) electrons. The number of nitrogens with zero attached hydrogens (tertiary/aromatic N) is 1. The van der Waals surface area contributed by atoms with Crippen LogP contribution in [-0.4, -0.2) is 26.0 Å². The zero-order valence-electron chi connectivity index (χ0n) is 8.29. The van der Waals surface area contributed by atoms with Crippen LogP contribution in [0.15, 0.2) is 11.8 Å². The first-order chi connectivity index (χ1) is 5.79. The first-order valence-corrected chi connectivity index (χ1v) is 5.34. The third-order valence-electron chi connectivity index (χ3n) is 1.48. The van der Waals surface area contributed by atoms with Gasteiger partial charge in [-0.1, -0.05) is 0 Å². The number of rotatable bonds is 3. The van der Waals surface area contributed by atoms with Crippen LogP contribution in [0.25, 0.3) is 0 Å². The van der Waals surface area contributed by atoms with E-state index in [9.17, 15) is 4.79 Å². The molecule has 0 aromatic carbocycles. The molecule has 0 rings (SSSR count). The summed E-state index contributed by atoms with van der Waals surface area (Å²) in [6.07, 6.45) is 3.43. The Bertz CT molecular complexity index is 240. The van der Waals surface area contributed by atoms with Gasteiger partial charge in [0.1, 0.15) is 0 Å². The van der Waals surface area contributed by atoms with E-state index in [4.69, 9.17) is 5.11 Å². The zero-order chi connectivity index (χ0) is 10.6. The fourth-order valence-corrected chi connectivity index (χ4v) is 0.795.